The van der Waals surface area contributed by atoms with E-state index in [-0.39, 0.29) is 11.5 Å². The zero-order valence-electron chi connectivity index (χ0n) is 11.9. The number of methoxy groups -OCH3 is 1. The predicted molar refractivity (Wildman–Crippen MR) is 87.5 cm³/mol. The number of nitrogen functional groups attached to an aromatic ring is 1. The van der Waals surface area contributed by atoms with Crippen LogP contribution in [0.4, 0.5) is 5.95 Å². The first-order valence-corrected chi connectivity index (χ1v) is 7.05. The summed E-state index contributed by atoms with van der Waals surface area (Å²) < 4.78 is 6.55. The molecule has 0 atom stereocenters. The first-order chi connectivity index (χ1) is 10.6. The van der Waals surface area contributed by atoms with Crippen LogP contribution in [0.15, 0.2) is 47.3 Å². The molecule has 112 valence electrons. The molecule has 5 nitrogen and oxygen atoms in total. The Morgan fingerprint density at radius 2 is 1.95 bits per heavy atom. The molecule has 22 heavy (non-hydrogen) atoms. The number of aromatic nitrogens is 2. The van der Waals surface area contributed by atoms with Gasteiger partial charge in [0.15, 0.2) is 0 Å². The van der Waals surface area contributed by atoms with E-state index in [0.717, 1.165) is 11.3 Å². The van der Waals surface area contributed by atoms with Crippen molar-refractivity contribution in [3.05, 3.63) is 63.4 Å². The Kier molecular flexibility index (Phi) is 3.73. The van der Waals surface area contributed by atoms with Crippen LogP contribution in [-0.2, 0) is 6.54 Å². The second-order valence-corrected chi connectivity index (χ2v) is 5.31. The molecule has 0 aliphatic heterocycles. The second kappa shape index (κ2) is 5.69. The van der Waals surface area contributed by atoms with Crippen molar-refractivity contribution in [1.82, 2.24) is 9.55 Å². The smallest absolute Gasteiger partial charge is 0.263 e. The number of halogens is 1. The summed E-state index contributed by atoms with van der Waals surface area (Å²) in [6.07, 6.45) is 0. The van der Waals surface area contributed by atoms with E-state index in [1.54, 1.807) is 25.3 Å². The maximum atomic E-state index is 12.6. The van der Waals surface area contributed by atoms with Crippen molar-refractivity contribution >= 4 is 28.5 Å². The molecule has 0 aliphatic rings. The number of nitrogens with two attached hydrogens (primary N) is 1. The summed E-state index contributed by atoms with van der Waals surface area (Å²) >= 11 is 5.96. The molecule has 1 heterocycles. The van der Waals surface area contributed by atoms with Crippen LogP contribution in [0.1, 0.15) is 5.56 Å². The van der Waals surface area contributed by atoms with E-state index >= 15 is 0 Å². The fourth-order valence-electron chi connectivity index (χ4n) is 2.28. The molecule has 1 aromatic heterocycles. The average Bonchev–Trinajstić information content (AvgIpc) is 2.53. The Balaban J connectivity index is 2.07. The summed E-state index contributed by atoms with van der Waals surface area (Å²) in [6.45, 7) is 0.337. The van der Waals surface area contributed by atoms with E-state index in [1.165, 1.54) is 4.57 Å². The van der Waals surface area contributed by atoms with E-state index < -0.39 is 0 Å². The van der Waals surface area contributed by atoms with Crippen LogP contribution in [0.2, 0.25) is 5.02 Å². The lowest BCUT2D eigenvalue weighted by atomic mass is 10.2. The molecule has 0 saturated heterocycles. The van der Waals surface area contributed by atoms with E-state index in [4.69, 9.17) is 22.1 Å². The first-order valence-electron chi connectivity index (χ1n) is 6.67. The Hall–Kier alpha value is -2.53. The zero-order valence-corrected chi connectivity index (χ0v) is 12.7. The number of ether oxygens (including phenoxy) is 1. The third-order valence-corrected chi connectivity index (χ3v) is 3.68. The lowest BCUT2D eigenvalue weighted by molar-refractivity contribution is 0.414. The summed E-state index contributed by atoms with van der Waals surface area (Å²) in [4.78, 5) is 16.9. The van der Waals surface area contributed by atoms with Gasteiger partial charge in [0.25, 0.3) is 5.56 Å². The molecule has 0 saturated carbocycles. The van der Waals surface area contributed by atoms with Crippen molar-refractivity contribution in [1.29, 1.82) is 0 Å². The molecule has 2 aromatic carbocycles. The van der Waals surface area contributed by atoms with Crippen molar-refractivity contribution in [3.63, 3.8) is 0 Å². The van der Waals surface area contributed by atoms with Gasteiger partial charge in [-0.25, -0.2) is 4.98 Å². The summed E-state index contributed by atoms with van der Waals surface area (Å²) in [5, 5.41) is 0.947. The maximum Gasteiger partial charge on any atom is 0.263 e. The second-order valence-electron chi connectivity index (χ2n) is 4.87. The standard InChI is InChI=1S/C16H14ClN3O2/c1-22-12-5-2-10(3-6-12)9-20-15(21)13-8-11(17)4-7-14(13)19-16(20)18/h2-8H,9H2,1H3,(H2,18,19). The van der Waals surface area contributed by atoms with Crippen molar-refractivity contribution < 1.29 is 4.74 Å². The van der Waals surface area contributed by atoms with Gasteiger partial charge in [-0.3, -0.25) is 9.36 Å². The number of anilines is 1. The highest BCUT2D eigenvalue weighted by molar-refractivity contribution is 6.31. The largest absolute Gasteiger partial charge is 0.497 e. The number of rotatable bonds is 3. The van der Waals surface area contributed by atoms with Gasteiger partial charge in [0.1, 0.15) is 5.75 Å². The van der Waals surface area contributed by atoms with Gasteiger partial charge in [-0.1, -0.05) is 23.7 Å². The molecule has 0 bridgehead atoms. The minimum Gasteiger partial charge on any atom is -0.497 e. The van der Waals surface area contributed by atoms with Gasteiger partial charge in [0, 0.05) is 5.02 Å². The fraction of sp³-hybridized carbons (Fsp3) is 0.125. The Morgan fingerprint density at radius 3 is 2.64 bits per heavy atom. The van der Waals surface area contributed by atoms with Crippen LogP contribution in [0.3, 0.4) is 0 Å². The molecular formula is C16H14ClN3O2. The number of hydrogen-bond acceptors (Lipinski definition) is 4. The van der Waals surface area contributed by atoms with Crippen LogP contribution in [0.25, 0.3) is 10.9 Å². The van der Waals surface area contributed by atoms with Crippen molar-refractivity contribution in [2.75, 3.05) is 12.8 Å². The van der Waals surface area contributed by atoms with Crippen LogP contribution in [-0.4, -0.2) is 16.7 Å². The summed E-state index contributed by atoms with van der Waals surface area (Å²) in [5.41, 5.74) is 7.18. The molecular weight excluding hydrogens is 302 g/mol. The van der Waals surface area contributed by atoms with Gasteiger partial charge in [0.05, 0.1) is 24.6 Å². The van der Waals surface area contributed by atoms with Crippen molar-refractivity contribution in [2.24, 2.45) is 0 Å². The molecule has 3 rings (SSSR count). The monoisotopic (exact) mass is 315 g/mol. The summed E-state index contributed by atoms with van der Waals surface area (Å²) in [7, 11) is 1.61. The molecule has 0 spiro atoms. The Bertz CT molecular complexity index is 888. The number of nitrogens with zero attached hydrogens (tertiary/aromatic N) is 2. The van der Waals surface area contributed by atoms with Crippen LogP contribution in [0.5, 0.6) is 5.75 Å². The lowest BCUT2D eigenvalue weighted by Crippen LogP contribution is -2.25. The normalized spacial score (nSPS) is 10.8. The third-order valence-electron chi connectivity index (χ3n) is 3.45. The average molecular weight is 316 g/mol. The highest BCUT2D eigenvalue weighted by Crippen LogP contribution is 2.17. The summed E-state index contributed by atoms with van der Waals surface area (Å²) in [5.74, 6) is 0.933. The molecule has 0 aliphatic carbocycles. The molecule has 0 amide bonds. The molecule has 2 N–H and O–H groups in total. The minimum absolute atomic E-state index is 0.177. The van der Waals surface area contributed by atoms with Crippen molar-refractivity contribution in [2.45, 2.75) is 6.54 Å². The molecule has 6 heteroatoms. The van der Waals surface area contributed by atoms with E-state index in [2.05, 4.69) is 4.98 Å². The molecule has 0 fully saturated rings. The van der Waals surface area contributed by atoms with E-state index in [0.29, 0.717) is 22.5 Å². The van der Waals surface area contributed by atoms with Gasteiger partial charge in [-0.2, -0.15) is 0 Å². The number of hydrogen-bond donors (Lipinski definition) is 1. The van der Waals surface area contributed by atoms with Crippen molar-refractivity contribution in [3.8, 4) is 5.75 Å². The molecule has 3 aromatic rings. The minimum atomic E-state index is -0.208. The summed E-state index contributed by atoms with van der Waals surface area (Å²) in [6, 6.07) is 12.4. The quantitative estimate of drug-likeness (QED) is 0.806. The number of benzene rings is 2. The van der Waals surface area contributed by atoms with Gasteiger partial charge in [-0.05, 0) is 35.9 Å². The van der Waals surface area contributed by atoms with Gasteiger partial charge in [-0.15, -0.1) is 0 Å². The molecule has 0 unspecified atom stereocenters. The van der Waals surface area contributed by atoms with Crippen LogP contribution in [0, 0.1) is 0 Å². The maximum absolute atomic E-state index is 12.6. The Labute approximate surface area is 131 Å². The highest BCUT2D eigenvalue weighted by Gasteiger charge is 2.10. The van der Waals surface area contributed by atoms with E-state index in [1.807, 2.05) is 24.3 Å². The third kappa shape index (κ3) is 2.63. The zero-order chi connectivity index (χ0) is 15.7. The van der Waals surface area contributed by atoms with E-state index in [9.17, 15) is 4.79 Å². The number of fused-ring (bicyclic) bond motifs is 1. The first kappa shape index (κ1) is 14.4. The van der Waals surface area contributed by atoms with Gasteiger partial charge < -0.3 is 10.5 Å². The topological polar surface area (TPSA) is 70.1 Å². The predicted octanol–water partition coefficient (Wildman–Crippen LogP) is 2.69. The molecule has 0 radical (unpaired) electrons. The van der Waals surface area contributed by atoms with Gasteiger partial charge in [0.2, 0.25) is 5.95 Å². The van der Waals surface area contributed by atoms with Crippen LogP contribution < -0.4 is 16.0 Å². The Morgan fingerprint density at radius 1 is 1.23 bits per heavy atom. The SMILES string of the molecule is COc1ccc(Cn2c(N)nc3ccc(Cl)cc3c2=O)cc1. The highest BCUT2D eigenvalue weighted by atomic mass is 35.5. The van der Waals surface area contributed by atoms with Crippen LogP contribution >= 0.6 is 11.6 Å². The lowest BCUT2D eigenvalue weighted by Gasteiger charge is -2.11. The fourth-order valence-corrected chi connectivity index (χ4v) is 2.45. The van der Waals surface area contributed by atoms with Gasteiger partial charge >= 0.3 is 0 Å².